The molecule has 0 N–H and O–H groups in total. The van der Waals surface area contributed by atoms with Crippen LogP contribution in [0, 0.1) is 11.3 Å². The summed E-state index contributed by atoms with van der Waals surface area (Å²) in [6.45, 7) is 0.576. The largest absolute Gasteiger partial charge is 0.383 e. The molecular weight excluding hydrogens is 128 g/mol. The van der Waals surface area contributed by atoms with Gasteiger partial charge in [-0.15, -0.1) is 0 Å². The van der Waals surface area contributed by atoms with Gasteiger partial charge in [0.1, 0.15) is 5.78 Å². The highest BCUT2D eigenvalue weighted by atomic mass is 16.5. The average Bonchev–Trinajstić information content (AvgIpc) is 1.94. The highest BCUT2D eigenvalue weighted by molar-refractivity contribution is 5.96. The van der Waals surface area contributed by atoms with E-state index in [0.717, 1.165) is 6.42 Å². The predicted octanol–water partition coefficient (Wildman–Crippen LogP) is 0.778. The molecule has 0 bridgehead atoms. The van der Waals surface area contributed by atoms with Gasteiger partial charge in [0, 0.05) is 19.4 Å². The second kappa shape index (κ2) is 1.70. The van der Waals surface area contributed by atoms with Crippen LogP contribution in [0.15, 0.2) is 12.2 Å². The molecular formula is C8H10O2. The molecule has 0 aromatic heterocycles. The zero-order chi connectivity index (χ0) is 7.19. The molecule has 2 unspecified atom stereocenters. The molecule has 0 amide bonds. The summed E-state index contributed by atoms with van der Waals surface area (Å²) in [4.78, 5) is 11.1. The maximum absolute atomic E-state index is 11.1. The van der Waals surface area contributed by atoms with Crippen molar-refractivity contribution in [3.63, 3.8) is 0 Å². The molecule has 2 aliphatic carbocycles. The van der Waals surface area contributed by atoms with E-state index in [-0.39, 0.29) is 5.41 Å². The highest BCUT2D eigenvalue weighted by Gasteiger charge is 2.56. The van der Waals surface area contributed by atoms with Crippen LogP contribution in [0.2, 0.25) is 0 Å². The Bertz CT molecular complexity index is 207. The number of rotatable bonds is 2. The average molecular weight is 138 g/mol. The topological polar surface area (TPSA) is 26.3 Å². The van der Waals surface area contributed by atoms with Crippen molar-refractivity contribution in [2.75, 3.05) is 13.7 Å². The van der Waals surface area contributed by atoms with Crippen molar-refractivity contribution in [3.8, 4) is 0 Å². The zero-order valence-electron chi connectivity index (χ0n) is 5.96. The Balaban J connectivity index is 2.15. The van der Waals surface area contributed by atoms with E-state index >= 15 is 0 Å². The lowest BCUT2D eigenvalue weighted by molar-refractivity contribution is -0.145. The Hall–Kier alpha value is -0.630. The van der Waals surface area contributed by atoms with Crippen molar-refractivity contribution < 1.29 is 9.53 Å². The van der Waals surface area contributed by atoms with Crippen LogP contribution in [0.1, 0.15) is 6.42 Å². The molecule has 0 radical (unpaired) electrons. The summed E-state index contributed by atoms with van der Waals surface area (Å²) in [5.41, 5.74) is -0.172. The van der Waals surface area contributed by atoms with Crippen molar-refractivity contribution in [2.24, 2.45) is 11.3 Å². The number of methoxy groups -OCH3 is 1. The zero-order valence-corrected chi connectivity index (χ0v) is 5.96. The molecule has 2 rings (SSSR count). The van der Waals surface area contributed by atoms with Crippen molar-refractivity contribution in [1.29, 1.82) is 0 Å². The van der Waals surface area contributed by atoms with Crippen LogP contribution < -0.4 is 0 Å². The van der Waals surface area contributed by atoms with Gasteiger partial charge in [0.15, 0.2) is 0 Å². The highest BCUT2D eigenvalue weighted by Crippen LogP contribution is 2.52. The fourth-order valence-electron chi connectivity index (χ4n) is 1.75. The summed E-state index contributed by atoms with van der Waals surface area (Å²) >= 11 is 0. The first-order valence-corrected chi connectivity index (χ1v) is 3.51. The molecule has 0 spiro atoms. The predicted molar refractivity (Wildman–Crippen MR) is 36.6 cm³/mol. The van der Waals surface area contributed by atoms with Crippen LogP contribution >= 0.6 is 0 Å². The Labute approximate surface area is 59.9 Å². The van der Waals surface area contributed by atoms with Gasteiger partial charge in [-0.3, -0.25) is 4.79 Å². The van der Waals surface area contributed by atoms with E-state index in [1.165, 1.54) is 0 Å². The third-order valence-electron chi connectivity index (χ3n) is 2.60. The molecule has 2 aliphatic rings. The van der Waals surface area contributed by atoms with Crippen LogP contribution in [-0.2, 0) is 9.53 Å². The number of fused-ring (bicyclic) bond motifs is 1. The van der Waals surface area contributed by atoms with Gasteiger partial charge < -0.3 is 4.74 Å². The van der Waals surface area contributed by atoms with Crippen molar-refractivity contribution in [3.05, 3.63) is 12.2 Å². The minimum atomic E-state index is -0.172. The van der Waals surface area contributed by atoms with Crippen molar-refractivity contribution in [2.45, 2.75) is 6.42 Å². The lowest BCUT2D eigenvalue weighted by Gasteiger charge is -2.50. The molecule has 2 nitrogen and oxygen atoms in total. The normalized spacial score (nSPS) is 42.1. The molecule has 54 valence electrons. The standard InChI is InChI=1S/C8H10O2/c1-10-5-8-3-2-6(8)4-7(8)9/h2-3,6H,4-5H2,1H3. The summed E-state index contributed by atoms with van der Waals surface area (Å²) in [5.74, 6) is 0.849. The molecule has 1 fully saturated rings. The quantitative estimate of drug-likeness (QED) is 0.527. The molecule has 2 heteroatoms. The van der Waals surface area contributed by atoms with Crippen LogP contribution in [-0.4, -0.2) is 19.5 Å². The molecule has 2 atom stereocenters. The first-order valence-electron chi connectivity index (χ1n) is 3.51. The van der Waals surface area contributed by atoms with E-state index < -0.39 is 0 Å². The Morgan fingerprint density at radius 3 is 2.90 bits per heavy atom. The lowest BCUT2D eigenvalue weighted by atomic mass is 9.53. The Morgan fingerprint density at radius 2 is 2.70 bits per heavy atom. The maximum atomic E-state index is 11.1. The minimum Gasteiger partial charge on any atom is -0.383 e. The third kappa shape index (κ3) is 0.465. The summed E-state index contributed by atoms with van der Waals surface area (Å²) in [6, 6.07) is 0. The number of carbonyl (C=O) groups excluding carboxylic acids is 1. The van der Waals surface area contributed by atoms with E-state index in [9.17, 15) is 4.79 Å². The van der Waals surface area contributed by atoms with E-state index in [1.54, 1.807) is 7.11 Å². The van der Waals surface area contributed by atoms with Gasteiger partial charge in [0.05, 0.1) is 12.0 Å². The molecule has 0 aromatic rings. The first-order chi connectivity index (χ1) is 4.79. The van der Waals surface area contributed by atoms with E-state index in [4.69, 9.17) is 4.74 Å². The summed E-state index contributed by atoms with van der Waals surface area (Å²) < 4.78 is 4.97. The fourth-order valence-corrected chi connectivity index (χ4v) is 1.75. The smallest absolute Gasteiger partial charge is 0.146 e. The van der Waals surface area contributed by atoms with Crippen LogP contribution in [0.4, 0.5) is 0 Å². The van der Waals surface area contributed by atoms with E-state index in [2.05, 4.69) is 6.08 Å². The molecule has 10 heavy (non-hydrogen) atoms. The second-order valence-corrected chi connectivity index (χ2v) is 3.07. The van der Waals surface area contributed by atoms with Gasteiger partial charge in [0.2, 0.25) is 0 Å². The SMILES string of the molecule is COCC12C=CC1CC2=O. The van der Waals surface area contributed by atoms with Crippen molar-refractivity contribution in [1.82, 2.24) is 0 Å². The second-order valence-electron chi connectivity index (χ2n) is 3.07. The number of hydrogen-bond donors (Lipinski definition) is 0. The Kier molecular flexibility index (Phi) is 1.04. The van der Waals surface area contributed by atoms with E-state index in [1.807, 2.05) is 6.08 Å². The summed E-state index contributed by atoms with van der Waals surface area (Å²) in [7, 11) is 1.64. The molecule has 1 saturated carbocycles. The Morgan fingerprint density at radius 1 is 1.90 bits per heavy atom. The molecule has 0 heterocycles. The number of carbonyl (C=O) groups is 1. The fraction of sp³-hybridized carbons (Fsp3) is 0.625. The molecule has 0 aliphatic heterocycles. The van der Waals surface area contributed by atoms with Gasteiger partial charge in [0.25, 0.3) is 0 Å². The molecule has 0 aromatic carbocycles. The minimum absolute atomic E-state index is 0.172. The van der Waals surface area contributed by atoms with Crippen molar-refractivity contribution >= 4 is 5.78 Å². The summed E-state index contributed by atoms with van der Waals surface area (Å²) in [6.07, 6.45) is 4.81. The van der Waals surface area contributed by atoms with Gasteiger partial charge in [-0.05, 0) is 0 Å². The number of ketones is 1. The van der Waals surface area contributed by atoms with Gasteiger partial charge in [-0.1, -0.05) is 12.2 Å². The van der Waals surface area contributed by atoms with Crippen LogP contribution in [0.3, 0.4) is 0 Å². The van der Waals surface area contributed by atoms with Gasteiger partial charge in [-0.25, -0.2) is 0 Å². The number of hydrogen-bond acceptors (Lipinski definition) is 2. The molecule has 0 saturated heterocycles. The lowest BCUT2D eigenvalue weighted by Crippen LogP contribution is -2.55. The third-order valence-corrected chi connectivity index (χ3v) is 2.60. The van der Waals surface area contributed by atoms with Gasteiger partial charge >= 0.3 is 0 Å². The number of Topliss-reactive ketones (excluding diaryl/α,β-unsaturated/α-hetero) is 1. The van der Waals surface area contributed by atoms with Crippen LogP contribution in [0.5, 0.6) is 0 Å². The monoisotopic (exact) mass is 138 g/mol. The maximum Gasteiger partial charge on any atom is 0.146 e. The van der Waals surface area contributed by atoms with Gasteiger partial charge in [-0.2, -0.15) is 0 Å². The first kappa shape index (κ1) is 6.10. The van der Waals surface area contributed by atoms with E-state index in [0.29, 0.717) is 18.3 Å². The number of ether oxygens (including phenoxy) is 1. The summed E-state index contributed by atoms with van der Waals surface area (Å²) in [5, 5.41) is 0. The van der Waals surface area contributed by atoms with Crippen LogP contribution in [0.25, 0.3) is 0 Å². The number of allylic oxidation sites excluding steroid dienone is 1.